The van der Waals surface area contributed by atoms with E-state index in [2.05, 4.69) is 23.7 Å². The Bertz CT molecular complexity index is 313. The zero-order valence-corrected chi connectivity index (χ0v) is 9.89. The highest BCUT2D eigenvalue weighted by molar-refractivity contribution is 5.75. The molecule has 1 atom stereocenters. The molecule has 1 unspecified atom stereocenters. The lowest BCUT2D eigenvalue weighted by Gasteiger charge is -2.26. The minimum atomic E-state index is 0.104. The number of nitrogens with two attached hydrogens (primary N) is 2. The molecule has 0 saturated heterocycles. The predicted octanol–water partition coefficient (Wildman–Crippen LogP) is 0.936. The van der Waals surface area contributed by atoms with Gasteiger partial charge in [-0.05, 0) is 25.2 Å². The van der Waals surface area contributed by atoms with Crippen molar-refractivity contribution < 1.29 is 4.42 Å². The summed E-state index contributed by atoms with van der Waals surface area (Å²) in [6, 6.07) is 3.93. The van der Waals surface area contributed by atoms with Crippen LogP contribution in [0, 0.1) is 0 Å². The number of guanidine groups is 1. The number of hydrogen-bond acceptors (Lipinski definition) is 3. The van der Waals surface area contributed by atoms with Crippen molar-refractivity contribution in [2.75, 3.05) is 19.6 Å². The third kappa shape index (κ3) is 3.27. The van der Waals surface area contributed by atoms with E-state index in [0.29, 0.717) is 6.54 Å². The number of hydrogen-bond donors (Lipinski definition) is 2. The summed E-state index contributed by atoms with van der Waals surface area (Å²) in [6.07, 6.45) is 1.67. The molecule has 1 heterocycles. The zero-order chi connectivity index (χ0) is 12.0. The van der Waals surface area contributed by atoms with Crippen LogP contribution in [0.5, 0.6) is 0 Å². The van der Waals surface area contributed by atoms with Crippen LogP contribution in [-0.2, 0) is 0 Å². The van der Waals surface area contributed by atoms with Gasteiger partial charge in [0.25, 0.3) is 0 Å². The van der Waals surface area contributed by atoms with Gasteiger partial charge in [0.05, 0.1) is 18.8 Å². The maximum Gasteiger partial charge on any atom is 0.185 e. The third-order valence-corrected chi connectivity index (χ3v) is 2.57. The Hall–Kier alpha value is -1.49. The molecule has 5 nitrogen and oxygen atoms in total. The van der Waals surface area contributed by atoms with E-state index in [0.717, 1.165) is 18.8 Å². The standard InChI is InChI=1S/C11H20N4O/c1-3-15(4-2)9(8-14-11(12)13)10-6-5-7-16-10/h5-7,9H,3-4,8H2,1-2H3,(H4,12,13,14). The Labute approximate surface area is 96.1 Å². The first-order valence-electron chi connectivity index (χ1n) is 5.51. The van der Waals surface area contributed by atoms with Gasteiger partial charge >= 0.3 is 0 Å². The van der Waals surface area contributed by atoms with Crippen LogP contribution in [0.3, 0.4) is 0 Å². The van der Waals surface area contributed by atoms with Crippen LogP contribution < -0.4 is 11.5 Å². The smallest absolute Gasteiger partial charge is 0.185 e. The number of nitrogens with zero attached hydrogens (tertiary/aromatic N) is 2. The molecule has 1 aromatic heterocycles. The van der Waals surface area contributed by atoms with E-state index in [4.69, 9.17) is 15.9 Å². The minimum absolute atomic E-state index is 0.104. The molecule has 4 N–H and O–H groups in total. The summed E-state index contributed by atoms with van der Waals surface area (Å²) in [5.74, 6) is 1.01. The SMILES string of the molecule is CCN(CC)C(CN=C(N)N)c1ccco1. The van der Waals surface area contributed by atoms with E-state index in [1.807, 2.05) is 12.1 Å². The number of rotatable bonds is 6. The fourth-order valence-electron chi connectivity index (χ4n) is 1.72. The van der Waals surface area contributed by atoms with Crippen LogP contribution in [0.25, 0.3) is 0 Å². The van der Waals surface area contributed by atoms with Crippen LogP contribution in [-0.4, -0.2) is 30.5 Å². The van der Waals surface area contributed by atoms with Gasteiger partial charge in [-0.15, -0.1) is 0 Å². The Morgan fingerprint density at radius 3 is 2.56 bits per heavy atom. The highest BCUT2D eigenvalue weighted by atomic mass is 16.3. The average molecular weight is 224 g/mol. The first-order chi connectivity index (χ1) is 7.69. The Morgan fingerprint density at radius 1 is 1.44 bits per heavy atom. The van der Waals surface area contributed by atoms with Gasteiger partial charge < -0.3 is 15.9 Å². The maximum absolute atomic E-state index is 5.42. The summed E-state index contributed by atoms with van der Waals surface area (Å²) in [5.41, 5.74) is 10.7. The van der Waals surface area contributed by atoms with Crippen molar-refractivity contribution in [1.29, 1.82) is 0 Å². The normalized spacial score (nSPS) is 12.7. The minimum Gasteiger partial charge on any atom is -0.468 e. The first-order valence-corrected chi connectivity index (χ1v) is 5.51. The molecule has 0 radical (unpaired) electrons. The fourth-order valence-corrected chi connectivity index (χ4v) is 1.72. The molecule has 0 aliphatic carbocycles. The average Bonchev–Trinajstić information content (AvgIpc) is 2.77. The molecule has 1 aromatic rings. The van der Waals surface area contributed by atoms with Crippen LogP contribution in [0.15, 0.2) is 27.8 Å². The molecule has 0 bridgehead atoms. The summed E-state index contributed by atoms with van der Waals surface area (Å²) in [6.45, 7) is 6.60. The van der Waals surface area contributed by atoms with Crippen molar-refractivity contribution in [3.63, 3.8) is 0 Å². The van der Waals surface area contributed by atoms with Gasteiger partial charge in [-0.25, -0.2) is 0 Å². The lowest BCUT2D eigenvalue weighted by atomic mass is 10.2. The Balaban J connectivity index is 2.81. The molecule has 0 aromatic carbocycles. The molecule has 0 fully saturated rings. The largest absolute Gasteiger partial charge is 0.468 e. The van der Waals surface area contributed by atoms with E-state index in [9.17, 15) is 0 Å². The van der Waals surface area contributed by atoms with E-state index in [1.54, 1.807) is 6.26 Å². The van der Waals surface area contributed by atoms with Gasteiger partial charge in [-0.2, -0.15) is 0 Å². The lowest BCUT2D eigenvalue weighted by molar-refractivity contribution is 0.198. The fraction of sp³-hybridized carbons (Fsp3) is 0.545. The van der Waals surface area contributed by atoms with Crippen LogP contribution in [0.2, 0.25) is 0 Å². The van der Waals surface area contributed by atoms with Gasteiger partial charge in [-0.1, -0.05) is 13.8 Å². The van der Waals surface area contributed by atoms with Gasteiger partial charge in [0.2, 0.25) is 0 Å². The summed E-state index contributed by atoms with van der Waals surface area (Å²) < 4.78 is 5.42. The molecule has 0 saturated carbocycles. The van der Waals surface area contributed by atoms with Gasteiger partial charge in [0.1, 0.15) is 5.76 Å². The molecule has 1 rings (SSSR count). The van der Waals surface area contributed by atoms with Crippen molar-refractivity contribution in [1.82, 2.24) is 4.90 Å². The van der Waals surface area contributed by atoms with E-state index >= 15 is 0 Å². The lowest BCUT2D eigenvalue weighted by Crippen LogP contribution is -2.32. The second-order valence-corrected chi connectivity index (χ2v) is 3.52. The predicted molar refractivity (Wildman–Crippen MR) is 65.0 cm³/mol. The van der Waals surface area contributed by atoms with Crippen molar-refractivity contribution in [2.45, 2.75) is 19.9 Å². The van der Waals surface area contributed by atoms with Crippen molar-refractivity contribution >= 4 is 5.96 Å². The summed E-state index contributed by atoms with van der Waals surface area (Å²) in [5, 5.41) is 0. The molecule has 0 aliphatic rings. The summed E-state index contributed by atoms with van der Waals surface area (Å²) in [4.78, 5) is 6.32. The monoisotopic (exact) mass is 224 g/mol. The highest BCUT2D eigenvalue weighted by Crippen LogP contribution is 2.21. The molecule has 90 valence electrons. The molecule has 0 aliphatic heterocycles. The van der Waals surface area contributed by atoms with Crippen molar-refractivity contribution in [3.05, 3.63) is 24.2 Å². The summed E-state index contributed by atoms with van der Waals surface area (Å²) >= 11 is 0. The maximum atomic E-state index is 5.42. The molecule has 5 heteroatoms. The molecular weight excluding hydrogens is 204 g/mol. The molecule has 0 amide bonds. The third-order valence-electron chi connectivity index (χ3n) is 2.57. The van der Waals surface area contributed by atoms with Crippen LogP contribution >= 0.6 is 0 Å². The first kappa shape index (κ1) is 12.6. The number of likely N-dealkylation sites (N-methyl/N-ethyl adjacent to an activating group) is 1. The second kappa shape index (κ2) is 6.17. The zero-order valence-electron chi connectivity index (χ0n) is 9.89. The van der Waals surface area contributed by atoms with Gasteiger partial charge in [-0.3, -0.25) is 9.89 Å². The van der Waals surface area contributed by atoms with Gasteiger partial charge in [0, 0.05) is 0 Å². The van der Waals surface area contributed by atoms with Crippen LogP contribution in [0.4, 0.5) is 0 Å². The molecular formula is C11H20N4O. The van der Waals surface area contributed by atoms with E-state index in [1.165, 1.54) is 0 Å². The number of furan rings is 1. The van der Waals surface area contributed by atoms with Crippen LogP contribution in [0.1, 0.15) is 25.6 Å². The van der Waals surface area contributed by atoms with E-state index < -0.39 is 0 Å². The molecule has 0 spiro atoms. The second-order valence-electron chi connectivity index (χ2n) is 3.52. The topological polar surface area (TPSA) is 80.8 Å². The highest BCUT2D eigenvalue weighted by Gasteiger charge is 2.19. The Kier molecular flexibility index (Phi) is 4.85. The Morgan fingerprint density at radius 2 is 2.12 bits per heavy atom. The molecule has 16 heavy (non-hydrogen) atoms. The quantitative estimate of drug-likeness (QED) is 0.556. The van der Waals surface area contributed by atoms with Crippen molar-refractivity contribution in [2.24, 2.45) is 16.5 Å². The van der Waals surface area contributed by atoms with Gasteiger partial charge in [0.15, 0.2) is 5.96 Å². The van der Waals surface area contributed by atoms with E-state index in [-0.39, 0.29) is 12.0 Å². The van der Waals surface area contributed by atoms with Crippen molar-refractivity contribution in [3.8, 4) is 0 Å². The summed E-state index contributed by atoms with van der Waals surface area (Å²) in [7, 11) is 0. The number of aliphatic imine (C=N–C) groups is 1.